The molecule has 0 bridgehead atoms. The highest BCUT2D eigenvalue weighted by Gasteiger charge is 2.40. The van der Waals surface area contributed by atoms with Crippen LogP contribution in [0.15, 0.2) is 42.7 Å². The summed E-state index contributed by atoms with van der Waals surface area (Å²) in [5, 5.41) is 4.28. The number of aryl methyl sites for hydroxylation is 1. The molecule has 4 heterocycles. The monoisotopic (exact) mass is 398 g/mol. The number of imidazole rings is 1. The van der Waals surface area contributed by atoms with E-state index < -0.39 is 18.3 Å². The van der Waals surface area contributed by atoms with Crippen LogP contribution in [0.1, 0.15) is 6.42 Å². The Morgan fingerprint density at radius 2 is 1.97 bits per heavy atom. The number of aromatic amines is 1. The van der Waals surface area contributed by atoms with Crippen LogP contribution < -0.4 is 4.90 Å². The van der Waals surface area contributed by atoms with Crippen LogP contribution in [0.25, 0.3) is 33.7 Å². The van der Waals surface area contributed by atoms with Crippen molar-refractivity contribution in [1.82, 2.24) is 24.7 Å². The quantitative estimate of drug-likeness (QED) is 0.567. The number of H-pyrrole nitrogens is 1. The van der Waals surface area contributed by atoms with Crippen LogP contribution in [0.3, 0.4) is 0 Å². The van der Waals surface area contributed by atoms with Gasteiger partial charge in [-0.15, -0.1) is 0 Å². The molecule has 1 N–H and O–H groups in total. The molecule has 1 fully saturated rings. The molecule has 0 saturated carbocycles. The van der Waals surface area contributed by atoms with E-state index in [4.69, 9.17) is 0 Å². The molecule has 0 radical (unpaired) electrons. The minimum Gasteiger partial charge on any atom is -0.350 e. The van der Waals surface area contributed by atoms with Crippen molar-refractivity contribution < 1.29 is 13.2 Å². The van der Waals surface area contributed by atoms with Gasteiger partial charge in [0.1, 0.15) is 23.0 Å². The third-order valence-corrected chi connectivity index (χ3v) is 5.08. The lowest BCUT2D eigenvalue weighted by Crippen LogP contribution is -2.26. The van der Waals surface area contributed by atoms with Crippen molar-refractivity contribution in [1.29, 1.82) is 0 Å². The molecule has 6 nitrogen and oxygen atoms in total. The van der Waals surface area contributed by atoms with Gasteiger partial charge in [0.15, 0.2) is 5.65 Å². The minimum absolute atomic E-state index is 0.160. The summed E-state index contributed by atoms with van der Waals surface area (Å²) in [5.41, 5.74) is 2.55. The molecule has 1 aliphatic heterocycles. The zero-order chi connectivity index (χ0) is 20.2. The van der Waals surface area contributed by atoms with E-state index in [0.29, 0.717) is 39.5 Å². The number of hydrogen-bond acceptors (Lipinski definition) is 4. The lowest BCUT2D eigenvalue weighted by atomic mass is 9.99. The molecular weight excluding hydrogens is 381 g/mol. The number of anilines is 1. The van der Waals surface area contributed by atoms with Gasteiger partial charge in [-0.25, -0.2) is 23.1 Å². The third-order valence-electron chi connectivity index (χ3n) is 5.08. The smallest absolute Gasteiger partial charge is 0.266 e. The maximum atomic E-state index is 14.6. The van der Waals surface area contributed by atoms with Gasteiger partial charge in [0.25, 0.3) is 5.92 Å². The highest BCUT2D eigenvalue weighted by atomic mass is 19.3. The van der Waals surface area contributed by atoms with Gasteiger partial charge in [0.2, 0.25) is 0 Å². The average molecular weight is 398 g/mol. The fourth-order valence-electron chi connectivity index (χ4n) is 3.77. The Balaban J connectivity index is 1.74. The first kappa shape index (κ1) is 17.7. The molecule has 5 rings (SSSR count). The molecule has 0 unspecified atom stereocenters. The van der Waals surface area contributed by atoms with Crippen LogP contribution in [-0.4, -0.2) is 43.7 Å². The summed E-state index contributed by atoms with van der Waals surface area (Å²) in [5.74, 6) is -2.43. The predicted octanol–water partition coefficient (Wildman–Crippen LogP) is 4.01. The van der Waals surface area contributed by atoms with Crippen molar-refractivity contribution in [2.75, 3.05) is 18.0 Å². The van der Waals surface area contributed by atoms with E-state index in [-0.39, 0.29) is 13.0 Å². The molecule has 1 saturated heterocycles. The Morgan fingerprint density at radius 3 is 2.69 bits per heavy atom. The van der Waals surface area contributed by atoms with E-state index in [1.165, 1.54) is 17.2 Å². The number of pyridine rings is 1. The Hall–Kier alpha value is -3.36. The van der Waals surface area contributed by atoms with Crippen molar-refractivity contribution in [2.24, 2.45) is 7.05 Å². The van der Waals surface area contributed by atoms with Gasteiger partial charge in [0.05, 0.1) is 18.3 Å². The Labute approximate surface area is 164 Å². The molecular formula is C20H17F3N6. The summed E-state index contributed by atoms with van der Waals surface area (Å²) >= 11 is 0. The summed E-state index contributed by atoms with van der Waals surface area (Å²) in [6.07, 6.45) is 3.03. The number of nitrogens with zero attached hydrogens (tertiary/aromatic N) is 5. The highest BCUT2D eigenvalue weighted by molar-refractivity contribution is 5.90. The number of hydrogen-bond donors (Lipinski definition) is 1. The zero-order valence-electron chi connectivity index (χ0n) is 15.5. The first-order valence-corrected chi connectivity index (χ1v) is 9.18. The van der Waals surface area contributed by atoms with E-state index >= 15 is 0 Å². The average Bonchev–Trinajstić information content (AvgIpc) is 3.33. The van der Waals surface area contributed by atoms with Crippen LogP contribution in [0.5, 0.6) is 0 Å². The molecule has 1 aromatic carbocycles. The van der Waals surface area contributed by atoms with Crippen molar-refractivity contribution in [3.8, 4) is 22.5 Å². The molecule has 29 heavy (non-hydrogen) atoms. The SMILES string of the molecule is Cn1cc2[nH]c(-c3c(-c4ccccc4F)ccnc3N3CCC(F)(F)C3)nc2n1. The van der Waals surface area contributed by atoms with E-state index in [0.717, 1.165) is 0 Å². The molecule has 4 aromatic rings. The van der Waals surface area contributed by atoms with E-state index in [1.54, 1.807) is 42.2 Å². The minimum atomic E-state index is -2.79. The Kier molecular flexibility index (Phi) is 3.87. The first-order valence-electron chi connectivity index (χ1n) is 9.18. The van der Waals surface area contributed by atoms with Crippen LogP contribution >= 0.6 is 0 Å². The second-order valence-corrected chi connectivity index (χ2v) is 7.19. The molecule has 9 heteroatoms. The fourth-order valence-corrected chi connectivity index (χ4v) is 3.77. The van der Waals surface area contributed by atoms with Crippen molar-refractivity contribution in [3.05, 3.63) is 48.5 Å². The van der Waals surface area contributed by atoms with Gasteiger partial charge in [0, 0.05) is 37.3 Å². The lowest BCUT2D eigenvalue weighted by molar-refractivity contribution is 0.0257. The van der Waals surface area contributed by atoms with Crippen LogP contribution in [-0.2, 0) is 7.05 Å². The number of benzene rings is 1. The molecule has 3 aromatic heterocycles. The normalized spacial score (nSPS) is 16.1. The molecule has 148 valence electrons. The topological polar surface area (TPSA) is 62.6 Å². The van der Waals surface area contributed by atoms with Crippen LogP contribution in [0.2, 0.25) is 0 Å². The number of alkyl halides is 2. The standard InChI is InChI=1S/C20H17F3N6/c1-28-10-15-17(27-28)26-18(25-15)16-13(12-4-2-3-5-14(12)21)6-8-24-19(16)29-9-7-20(22,23)11-29/h2-6,8,10H,7,9,11H2,1H3,(H,25,26,27). The highest BCUT2D eigenvalue weighted by Crippen LogP contribution is 2.41. The summed E-state index contributed by atoms with van der Waals surface area (Å²) in [7, 11) is 1.78. The second kappa shape index (κ2) is 6.33. The summed E-state index contributed by atoms with van der Waals surface area (Å²) in [6.45, 7) is -0.277. The number of rotatable bonds is 3. The summed E-state index contributed by atoms with van der Waals surface area (Å²) in [4.78, 5) is 13.6. The van der Waals surface area contributed by atoms with Crippen LogP contribution in [0, 0.1) is 5.82 Å². The van der Waals surface area contributed by atoms with Crippen molar-refractivity contribution in [3.63, 3.8) is 0 Å². The predicted molar refractivity (Wildman–Crippen MR) is 103 cm³/mol. The molecule has 0 spiro atoms. The lowest BCUT2D eigenvalue weighted by Gasteiger charge is -2.22. The molecule has 0 atom stereocenters. The second-order valence-electron chi connectivity index (χ2n) is 7.19. The van der Waals surface area contributed by atoms with Gasteiger partial charge in [-0.3, -0.25) is 4.68 Å². The third kappa shape index (κ3) is 3.02. The number of halogens is 3. The largest absolute Gasteiger partial charge is 0.350 e. The van der Waals surface area contributed by atoms with Gasteiger partial charge >= 0.3 is 0 Å². The number of fused-ring (bicyclic) bond motifs is 1. The maximum Gasteiger partial charge on any atom is 0.266 e. The van der Waals surface area contributed by atoms with Gasteiger partial charge < -0.3 is 9.88 Å². The summed E-state index contributed by atoms with van der Waals surface area (Å²) < 4.78 is 44.0. The van der Waals surface area contributed by atoms with E-state index in [2.05, 4.69) is 20.1 Å². The zero-order valence-corrected chi connectivity index (χ0v) is 15.5. The number of nitrogens with one attached hydrogen (secondary N) is 1. The summed E-state index contributed by atoms with van der Waals surface area (Å²) in [6, 6.07) is 8.02. The first-order chi connectivity index (χ1) is 13.9. The van der Waals surface area contributed by atoms with Crippen LogP contribution in [0.4, 0.5) is 19.0 Å². The molecule has 0 amide bonds. The molecule has 0 aliphatic carbocycles. The van der Waals surface area contributed by atoms with Gasteiger partial charge in [-0.1, -0.05) is 18.2 Å². The number of aromatic nitrogens is 5. The Morgan fingerprint density at radius 1 is 1.14 bits per heavy atom. The van der Waals surface area contributed by atoms with Gasteiger partial charge in [-0.05, 0) is 12.1 Å². The van der Waals surface area contributed by atoms with Gasteiger partial charge in [-0.2, -0.15) is 5.10 Å². The van der Waals surface area contributed by atoms with E-state index in [9.17, 15) is 13.2 Å². The van der Waals surface area contributed by atoms with Crippen molar-refractivity contribution in [2.45, 2.75) is 12.3 Å². The Bertz CT molecular complexity index is 1180. The fraction of sp³-hybridized carbons (Fsp3) is 0.250. The van der Waals surface area contributed by atoms with Crippen molar-refractivity contribution >= 4 is 17.0 Å². The molecule has 1 aliphatic rings. The maximum absolute atomic E-state index is 14.6. The van der Waals surface area contributed by atoms with E-state index in [1.807, 2.05) is 0 Å².